The smallest absolute Gasteiger partial charge is 0.0320 e. The van der Waals surface area contributed by atoms with Gasteiger partial charge in [0.15, 0.2) is 0 Å². The maximum absolute atomic E-state index is 3.89. The van der Waals surface area contributed by atoms with Gasteiger partial charge >= 0.3 is 0 Å². The molecule has 89 valence electrons. The Labute approximate surface area is 100 Å². The monoisotopic (exact) mass is 218 g/mol. The van der Waals surface area contributed by atoms with E-state index in [1.165, 1.54) is 31.2 Å². The van der Waals surface area contributed by atoms with Crippen molar-refractivity contribution in [2.75, 3.05) is 6.54 Å². The highest BCUT2D eigenvalue weighted by atomic mass is 14.9. The zero-order valence-electron chi connectivity index (χ0n) is 10.4. The summed E-state index contributed by atoms with van der Waals surface area (Å²) in [6, 6.07) is 11.3. The van der Waals surface area contributed by atoms with Crippen LogP contribution in [0.3, 0.4) is 0 Å². The molecule has 1 unspecified atom stereocenters. The SMILES string of the molecule is [CH2]CCNC(CCCCC)c1ccccc1. The molecule has 1 aromatic carbocycles. The topological polar surface area (TPSA) is 12.0 Å². The van der Waals surface area contributed by atoms with Crippen molar-refractivity contribution in [2.24, 2.45) is 0 Å². The Morgan fingerprint density at radius 2 is 1.94 bits per heavy atom. The van der Waals surface area contributed by atoms with E-state index < -0.39 is 0 Å². The van der Waals surface area contributed by atoms with E-state index in [1.54, 1.807) is 0 Å². The minimum absolute atomic E-state index is 0.509. The van der Waals surface area contributed by atoms with Gasteiger partial charge in [0.1, 0.15) is 0 Å². The third-order valence-corrected chi connectivity index (χ3v) is 2.87. The van der Waals surface area contributed by atoms with Crippen molar-refractivity contribution in [3.8, 4) is 0 Å². The maximum Gasteiger partial charge on any atom is 0.0320 e. The van der Waals surface area contributed by atoms with Gasteiger partial charge < -0.3 is 5.32 Å². The first-order valence-corrected chi connectivity index (χ1v) is 6.46. The summed E-state index contributed by atoms with van der Waals surface area (Å²) in [7, 11) is 0. The van der Waals surface area contributed by atoms with Crippen molar-refractivity contribution < 1.29 is 0 Å². The largest absolute Gasteiger partial charge is 0.310 e. The molecule has 16 heavy (non-hydrogen) atoms. The minimum atomic E-state index is 0.509. The standard InChI is InChI=1S/C15H24N/c1-3-5-7-12-15(16-13-4-2)14-10-8-6-9-11-14/h6,8-11,15-16H,2-5,7,12-13H2,1H3. The van der Waals surface area contributed by atoms with E-state index in [0.29, 0.717) is 6.04 Å². The van der Waals surface area contributed by atoms with Gasteiger partial charge in [-0.3, -0.25) is 0 Å². The molecular weight excluding hydrogens is 194 g/mol. The number of rotatable bonds is 8. The lowest BCUT2D eigenvalue weighted by atomic mass is 10.0. The first kappa shape index (κ1) is 13.2. The lowest BCUT2D eigenvalue weighted by Gasteiger charge is -2.18. The first-order chi connectivity index (χ1) is 7.88. The molecule has 0 aliphatic rings. The highest BCUT2D eigenvalue weighted by Gasteiger charge is 2.08. The summed E-state index contributed by atoms with van der Waals surface area (Å²) < 4.78 is 0. The molecule has 1 N–H and O–H groups in total. The normalized spacial score (nSPS) is 12.6. The van der Waals surface area contributed by atoms with Crippen molar-refractivity contribution in [2.45, 2.75) is 45.1 Å². The number of hydrogen-bond acceptors (Lipinski definition) is 1. The molecule has 1 aromatic rings. The average Bonchev–Trinajstić information content (AvgIpc) is 2.35. The van der Waals surface area contributed by atoms with Crippen LogP contribution in [-0.4, -0.2) is 6.54 Å². The Bertz CT molecular complexity index is 255. The molecule has 0 saturated heterocycles. The Morgan fingerprint density at radius 1 is 1.19 bits per heavy atom. The van der Waals surface area contributed by atoms with Gasteiger partial charge in [0.05, 0.1) is 0 Å². The van der Waals surface area contributed by atoms with E-state index >= 15 is 0 Å². The second-order valence-electron chi connectivity index (χ2n) is 4.27. The molecule has 0 spiro atoms. The molecule has 1 nitrogen and oxygen atoms in total. The van der Waals surface area contributed by atoms with Crippen LogP contribution in [-0.2, 0) is 0 Å². The van der Waals surface area contributed by atoms with E-state index in [1.807, 2.05) is 0 Å². The molecular formula is C15H24N. The molecule has 1 atom stereocenters. The number of unbranched alkanes of at least 4 members (excludes halogenated alkanes) is 2. The van der Waals surface area contributed by atoms with Gasteiger partial charge in [0, 0.05) is 6.04 Å². The van der Waals surface area contributed by atoms with Crippen LogP contribution >= 0.6 is 0 Å². The average molecular weight is 218 g/mol. The van der Waals surface area contributed by atoms with E-state index in [4.69, 9.17) is 0 Å². The molecule has 0 bridgehead atoms. The highest BCUT2D eigenvalue weighted by molar-refractivity contribution is 5.18. The lowest BCUT2D eigenvalue weighted by Crippen LogP contribution is -2.22. The fourth-order valence-electron chi connectivity index (χ4n) is 1.95. The molecule has 1 radical (unpaired) electrons. The molecule has 0 saturated carbocycles. The molecule has 0 aliphatic heterocycles. The van der Waals surface area contributed by atoms with Crippen LogP contribution in [0.15, 0.2) is 30.3 Å². The van der Waals surface area contributed by atoms with Crippen LogP contribution in [0.2, 0.25) is 0 Å². The van der Waals surface area contributed by atoms with Gasteiger partial charge in [-0.15, -0.1) is 0 Å². The summed E-state index contributed by atoms with van der Waals surface area (Å²) in [5.74, 6) is 0. The second kappa shape index (κ2) is 8.35. The van der Waals surface area contributed by atoms with Gasteiger partial charge in [0.25, 0.3) is 0 Å². The quantitative estimate of drug-likeness (QED) is 0.647. The predicted molar refractivity (Wildman–Crippen MR) is 71.3 cm³/mol. The van der Waals surface area contributed by atoms with Crippen LogP contribution in [0, 0.1) is 6.92 Å². The van der Waals surface area contributed by atoms with E-state index in [0.717, 1.165) is 13.0 Å². The maximum atomic E-state index is 3.89. The second-order valence-corrected chi connectivity index (χ2v) is 4.27. The summed E-state index contributed by atoms with van der Waals surface area (Å²) in [6.45, 7) is 7.14. The molecule has 1 heteroatoms. The number of benzene rings is 1. The molecule has 0 heterocycles. The van der Waals surface area contributed by atoms with Gasteiger partial charge in [-0.2, -0.15) is 0 Å². The van der Waals surface area contributed by atoms with Crippen LogP contribution in [0.1, 0.15) is 50.6 Å². The van der Waals surface area contributed by atoms with Crippen molar-refractivity contribution in [3.63, 3.8) is 0 Å². The van der Waals surface area contributed by atoms with Crippen LogP contribution in [0.25, 0.3) is 0 Å². The summed E-state index contributed by atoms with van der Waals surface area (Å²) in [5.41, 5.74) is 1.41. The van der Waals surface area contributed by atoms with E-state index in [9.17, 15) is 0 Å². The fraction of sp³-hybridized carbons (Fsp3) is 0.533. The van der Waals surface area contributed by atoms with E-state index in [-0.39, 0.29) is 0 Å². The lowest BCUT2D eigenvalue weighted by molar-refractivity contribution is 0.478. The molecule has 0 aliphatic carbocycles. The van der Waals surface area contributed by atoms with E-state index in [2.05, 4.69) is 49.5 Å². The Hall–Kier alpha value is -0.820. The highest BCUT2D eigenvalue weighted by Crippen LogP contribution is 2.19. The Balaban J connectivity index is 2.49. The number of hydrogen-bond donors (Lipinski definition) is 1. The van der Waals surface area contributed by atoms with Crippen LogP contribution < -0.4 is 5.32 Å². The van der Waals surface area contributed by atoms with Crippen molar-refractivity contribution in [3.05, 3.63) is 42.8 Å². The third kappa shape index (κ3) is 4.80. The zero-order chi connectivity index (χ0) is 11.6. The van der Waals surface area contributed by atoms with Crippen molar-refractivity contribution >= 4 is 0 Å². The summed E-state index contributed by atoms with van der Waals surface area (Å²) in [5, 5.41) is 3.58. The third-order valence-electron chi connectivity index (χ3n) is 2.87. The fourth-order valence-corrected chi connectivity index (χ4v) is 1.95. The minimum Gasteiger partial charge on any atom is -0.310 e. The van der Waals surface area contributed by atoms with Crippen molar-refractivity contribution in [1.29, 1.82) is 0 Å². The molecule has 0 amide bonds. The zero-order valence-corrected chi connectivity index (χ0v) is 10.4. The van der Waals surface area contributed by atoms with Crippen LogP contribution in [0.5, 0.6) is 0 Å². The summed E-state index contributed by atoms with van der Waals surface area (Å²) in [4.78, 5) is 0. The molecule has 0 aromatic heterocycles. The van der Waals surface area contributed by atoms with Crippen LogP contribution in [0.4, 0.5) is 0 Å². The number of nitrogens with one attached hydrogen (secondary N) is 1. The Kier molecular flexibility index (Phi) is 6.91. The molecule has 1 rings (SSSR count). The molecule has 0 fully saturated rings. The first-order valence-electron chi connectivity index (χ1n) is 6.46. The van der Waals surface area contributed by atoms with Crippen molar-refractivity contribution in [1.82, 2.24) is 5.32 Å². The van der Waals surface area contributed by atoms with Gasteiger partial charge in [-0.05, 0) is 24.9 Å². The Morgan fingerprint density at radius 3 is 2.56 bits per heavy atom. The van der Waals surface area contributed by atoms with Gasteiger partial charge in [-0.1, -0.05) is 63.4 Å². The van der Waals surface area contributed by atoms with Gasteiger partial charge in [0.2, 0.25) is 0 Å². The summed E-state index contributed by atoms with van der Waals surface area (Å²) >= 11 is 0. The van der Waals surface area contributed by atoms with Gasteiger partial charge in [-0.25, -0.2) is 0 Å². The predicted octanol–water partition coefficient (Wildman–Crippen LogP) is 4.12. The summed E-state index contributed by atoms with van der Waals surface area (Å²) in [6.07, 6.45) is 6.11.